The molecule has 1 heterocycles. The molecule has 3 atom stereocenters. The van der Waals surface area contributed by atoms with Crippen molar-refractivity contribution < 1.29 is 23.1 Å². The van der Waals surface area contributed by atoms with E-state index in [2.05, 4.69) is 26.2 Å². The third kappa shape index (κ3) is 3.84. The molecule has 9 heteroatoms. The van der Waals surface area contributed by atoms with Gasteiger partial charge in [-0.25, -0.2) is 4.98 Å². The molecule has 0 aromatic carbocycles. The number of aryl methyl sites for hydroxylation is 1. The second-order valence-corrected chi connectivity index (χ2v) is 11.3. The smallest absolute Gasteiger partial charge is 0.374 e. The minimum atomic E-state index is -4.89. The molecule has 4 aliphatic carbocycles. The Bertz CT molecular complexity index is 782. The van der Waals surface area contributed by atoms with Crippen LogP contribution < -0.4 is 5.32 Å². The Morgan fingerprint density at radius 2 is 2.00 bits per heavy atom. The number of aromatic nitrogens is 2. The van der Waals surface area contributed by atoms with E-state index in [1.165, 1.54) is 25.9 Å². The Labute approximate surface area is 176 Å². The van der Waals surface area contributed by atoms with E-state index in [9.17, 15) is 23.1 Å². The predicted molar refractivity (Wildman–Crippen MR) is 104 cm³/mol. The van der Waals surface area contributed by atoms with Crippen LogP contribution in [0.25, 0.3) is 0 Å². The maximum Gasteiger partial charge on any atom is 0.424 e. The van der Waals surface area contributed by atoms with Gasteiger partial charge in [-0.1, -0.05) is 15.9 Å². The summed E-state index contributed by atoms with van der Waals surface area (Å²) in [6.07, 6.45) is 3.94. The summed E-state index contributed by atoms with van der Waals surface area (Å²) in [5, 5.41) is 13.0. The fourth-order valence-electron chi connectivity index (χ4n) is 6.47. The Hall–Kier alpha value is -1.09. The summed E-state index contributed by atoms with van der Waals surface area (Å²) >= 11 is 3.91. The predicted octanol–water partition coefficient (Wildman–Crippen LogP) is 3.80. The van der Waals surface area contributed by atoms with Gasteiger partial charge in [0.1, 0.15) is 5.82 Å². The molecule has 162 valence electrons. The lowest BCUT2D eigenvalue weighted by Gasteiger charge is -2.60. The molecule has 4 aliphatic rings. The van der Waals surface area contributed by atoms with E-state index in [4.69, 9.17) is 0 Å². The third-order valence-electron chi connectivity index (χ3n) is 7.12. The summed E-state index contributed by atoms with van der Waals surface area (Å²) < 4.78 is 42.0. The van der Waals surface area contributed by atoms with Crippen LogP contribution in [-0.2, 0) is 17.4 Å². The highest BCUT2D eigenvalue weighted by molar-refractivity contribution is 9.10. The maximum absolute atomic E-state index is 13.6. The van der Waals surface area contributed by atoms with Gasteiger partial charge in [0.15, 0.2) is 0 Å². The number of alkyl halides is 4. The number of nitrogens with one attached hydrogen (secondary N) is 1. The number of hydrogen-bond donors (Lipinski definition) is 2. The second kappa shape index (κ2) is 6.97. The molecule has 1 aromatic rings. The maximum atomic E-state index is 13.6. The van der Waals surface area contributed by atoms with Crippen LogP contribution in [0.1, 0.15) is 57.2 Å². The highest BCUT2D eigenvalue weighted by Gasteiger charge is 2.58. The Morgan fingerprint density at radius 1 is 1.34 bits per heavy atom. The van der Waals surface area contributed by atoms with Gasteiger partial charge < -0.3 is 15.0 Å². The van der Waals surface area contributed by atoms with Gasteiger partial charge in [-0.05, 0) is 55.8 Å². The minimum absolute atomic E-state index is 0.0440. The summed E-state index contributed by atoms with van der Waals surface area (Å²) in [4.78, 5) is 16.3. The zero-order valence-corrected chi connectivity index (χ0v) is 18.0. The van der Waals surface area contributed by atoms with Crippen molar-refractivity contribution >= 4 is 21.8 Å². The van der Waals surface area contributed by atoms with Crippen LogP contribution in [0.3, 0.4) is 0 Å². The van der Waals surface area contributed by atoms with Crippen LogP contribution in [0, 0.1) is 17.3 Å². The van der Waals surface area contributed by atoms with E-state index < -0.39 is 24.0 Å². The molecule has 4 bridgehead atoms. The van der Waals surface area contributed by atoms with Crippen LogP contribution in [0.4, 0.5) is 13.2 Å². The van der Waals surface area contributed by atoms with Crippen LogP contribution in [0.5, 0.6) is 0 Å². The summed E-state index contributed by atoms with van der Waals surface area (Å²) in [6.45, 7) is -0.260. The number of imidazole rings is 1. The first-order valence-electron chi connectivity index (χ1n) is 10.2. The molecule has 0 spiro atoms. The molecular formula is C20H27BrF3N3O2. The molecule has 0 radical (unpaired) electrons. The van der Waals surface area contributed by atoms with E-state index in [1.807, 2.05) is 0 Å². The van der Waals surface area contributed by atoms with Gasteiger partial charge >= 0.3 is 6.18 Å². The summed E-state index contributed by atoms with van der Waals surface area (Å²) in [6, 6.07) is 0. The van der Waals surface area contributed by atoms with Gasteiger partial charge in [0.25, 0.3) is 0 Å². The van der Waals surface area contributed by atoms with Gasteiger partial charge in [0, 0.05) is 43.2 Å². The van der Waals surface area contributed by atoms with E-state index in [0.29, 0.717) is 18.3 Å². The van der Waals surface area contributed by atoms with Crippen molar-refractivity contribution in [1.82, 2.24) is 14.9 Å². The molecule has 5 nitrogen and oxygen atoms in total. The second-order valence-electron chi connectivity index (χ2n) is 9.61. The minimum Gasteiger partial charge on any atom is -0.374 e. The molecule has 1 aromatic heterocycles. The van der Waals surface area contributed by atoms with Crippen molar-refractivity contribution in [3.8, 4) is 0 Å². The number of carbonyl (C=O) groups excluding carboxylic acids is 1. The van der Waals surface area contributed by atoms with Crippen LogP contribution in [-0.4, -0.2) is 37.6 Å². The molecule has 0 aliphatic heterocycles. The molecule has 4 fully saturated rings. The zero-order chi connectivity index (χ0) is 21.1. The zero-order valence-electron chi connectivity index (χ0n) is 16.4. The lowest BCUT2D eigenvalue weighted by atomic mass is 9.48. The van der Waals surface area contributed by atoms with Gasteiger partial charge in [0.05, 0.1) is 0 Å². The van der Waals surface area contributed by atoms with Crippen LogP contribution in [0.15, 0.2) is 12.4 Å². The summed E-state index contributed by atoms with van der Waals surface area (Å²) in [7, 11) is 1.40. The molecule has 0 saturated heterocycles. The van der Waals surface area contributed by atoms with Crippen LogP contribution in [0.2, 0.25) is 0 Å². The van der Waals surface area contributed by atoms with E-state index >= 15 is 0 Å². The fraction of sp³-hybridized carbons (Fsp3) is 0.800. The topological polar surface area (TPSA) is 67.2 Å². The van der Waals surface area contributed by atoms with E-state index in [-0.39, 0.29) is 22.2 Å². The van der Waals surface area contributed by atoms with E-state index in [0.717, 1.165) is 36.7 Å². The van der Waals surface area contributed by atoms with Crippen molar-refractivity contribution in [1.29, 1.82) is 0 Å². The van der Waals surface area contributed by atoms with Crippen molar-refractivity contribution in [3.63, 3.8) is 0 Å². The molecule has 4 saturated carbocycles. The van der Waals surface area contributed by atoms with Gasteiger partial charge in [-0.15, -0.1) is 0 Å². The first kappa shape index (κ1) is 21.2. The lowest BCUT2D eigenvalue weighted by Crippen LogP contribution is -2.54. The third-order valence-corrected chi connectivity index (χ3v) is 8.04. The number of rotatable bonds is 6. The number of nitrogens with zero attached hydrogens (tertiary/aromatic N) is 2. The molecule has 3 unspecified atom stereocenters. The molecule has 1 amide bonds. The molecular weight excluding hydrogens is 451 g/mol. The normalized spacial score (nSPS) is 35.5. The molecule has 5 rings (SSSR count). The number of hydrogen-bond acceptors (Lipinski definition) is 3. The first-order valence-corrected chi connectivity index (χ1v) is 11.0. The van der Waals surface area contributed by atoms with Gasteiger partial charge in [-0.2, -0.15) is 13.2 Å². The largest absolute Gasteiger partial charge is 0.424 e. The number of aliphatic hydroxyl groups is 1. The van der Waals surface area contributed by atoms with E-state index in [1.54, 1.807) is 0 Å². The highest BCUT2D eigenvalue weighted by Crippen LogP contribution is 2.65. The molecule has 29 heavy (non-hydrogen) atoms. The quantitative estimate of drug-likeness (QED) is 0.612. The Balaban J connectivity index is 1.38. The van der Waals surface area contributed by atoms with Gasteiger partial charge in [-0.3, -0.25) is 4.79 Å². The van der Waals surface area contributed by atoms with Crippen molar-refractivity contribution in [3.05, 3.63) is 18.2 Å². The van der Waals surface area contributed by atoms with Gasteiger partial charge in [0.2, 0.25) is 11.5 Å². The van der Waals surface area contributed by atoms with Crippen molar-refractivity contribution in [2.75, 3.05) is 6.54 Å². The molecule has 2 N–H and O–H groups in total. The highest BCUT2D eigenvalue weighted by atomic mass is 79.9. The average Bonchev–Trinajstić information content (AvgIpc) is 2.97. The fourth-order valence-corrected chi connectivity index (χ4v) is 7.98. The number of carbonyl (C=O) groups is 1. The standard InChI is InChI=1S/C20H27BrF3N3O2/c1-27-5-4-26-16(27)19(29,20(22,23)24)2-3-25-15(28)11-17-7-13-6-14(8-17)10-18(21,9-13)12-17/h4-5,13-14,29H,2-3,6-12H2,1H3,(H,25,28). The SMILES string of the molecule is Cn1ccnc1C(O)(CCNC(=O)CC12CC3CC(CC(Br)(C3)C1)C2)C(F)(F)F. The lowest BCUT2D eigenvalue weighted by molar-refractivity contribution is -0.272. The Kier molecular flexibility index (Phi) is 5.08. The van der Waals surface area contributed by atoms with Crippen LogP contribution >= 0.6 is 15.9 Å². The van der Waals surface area contributed by atoms with Crippen molar-refractivity contribution in [2.45, 2.75) is 67.5 Å². The summed E-state index contributed by atoms with van der Waals surface area (Å²) in [5.74, 6) is 0.582. The monoisotopic (exact) mass is 477 g/mol. The first-order chi connectivity index (χ1) is 13.4. The van der Waals surface area contributed by atoms with Crippen molar-refractivity contribution in [2.24, 2.45) is 24.3 Å². The summed E-state index contributed by atoms with van der Waals surface area (Å²) in [5.41, 5.74) is -3.14. The number of halogens is 4. The number of amides is 1. The Morgan fingerprint density at radius 3 is 2.52 bits per heavy atom. The average molecular weight is 478 g/mol.